The van der Waals surface area contributed by atoms with E-state index in [2.05, 4.69) is 5.10 Å². The second-order valence-electron chi connectivity index (χ2n) is 5.04. The molecule has 0 N–H and O–H groups in total. The summed E-state index contributed by atoms with van der Waals surface area (Å²) in [6, 6.07) is 23.3. The van der Waals surface area contributed by atoms with Crippen molar-refractivity contribution in [1.82, 2.24) is 5.10 Å². The van der Waals surface area contributed by atoms with E-state index in [9.17, 15) is 5.21 Å². The second-order valence-corrected chi connectivity index (χ2v) is 5.04. The lowest BCUT2D eigenvalue weighted by molar-refractivity contribution is -0.671. The van der Waals surface area contributed by atoms with Crippen LogP contribution < -0.4 is 4.85 Å². The summed E-state index contributed by atoms with van der Waals surface area (Å²) < 4.78 is 0. The highest BCUT2D eigenvalue weighted by atomic mass is 16.5. The van der Waals surface area contributed by atoms with Crippen molar-refractivity contribution in [1.29, 1.82) is 0 Å². The molecule has 0 unspecified atom stereocenters. The standard InChI is InChI=1S/C20H16N2O/c23-22-20(15-12-18-9-5-2-6-10-18)16-14-19(21-22)13-11-17-7-3-1-4-8-17/h1-16H/b13-11+,15-12+. The Morgan fingerprint density at radius 2 is 1.22 bits per heavy atom. The van der Waals surface area contributed by atoms with Gasteiger partial charge in [0.1, 0.15) is 5.69 Å². The van der Waals surface area contributed by atoms with E-state index in [0.29, 0.717) is 16.2 Å². The molecule has 2 aromatic carbocycles. The molecule has 1 heterocycles. The van der Waals surface area contributed by atoms with Gasteiger partial charge >= 0.3 is 0 Å². The van der Waals surface area contributed by atoms with Crippen molar-refractivity contribution in [3.05, 3.63) is 101 Å². The van der Waals surface area contributed by atoms with Crippen LogP contribution in [0.5, 0.6) is 0 Å². The van der Waals surface area contributed by atoms with Gasteiger partial charge in [0.25, 0.3) is 0 Å². The molecule has 0 aliphatic carbocycles. The van der Waals surface area contributed by atoms with Crippen LogP contribution in [-0.4, -0.2) is 5.10 Å². The van der Waals surface area contributed by atoms with Gasteiger partial charge in [-0.25, -0.2) is 0 Å². The first-order valence-electron chi connectivity index (χ1n) is 7.38. The molecule has 0 aliphatic rings. The molecule has 3 nitrogen and oxygen atoms in total. The van der Waals surface area contributed by atoms with Crippen LogP contribution in [0.25, 0.3) is 24.3 Å². The molecule has 0 saturated heterocycles. The molecule has 0 atom stereocenters. The number of hydrogen-bond donors (Lipinski definition) is 0. The Labute approximate surface area is 135 Å². The van der Waals surface area contributed by atoms with Gasteiger partial charge in [0.05, 0.1) is 0 Å². The summed E-state index contributed by atoms with van der Waals surface area (Å²) in [6.07, 6.45) is 7.42. The highest BCUT2D eigenvalue weighted by Gasteiger charge is 2.03. The summed E-state index contributed by atoms with van der Waals surface area (Å²) in [5.41, 5.74) is 3.24. The normalized spacial score (nSPS) is 11.3. The number of aromatic nitrogens is 2. The van der Waals surface area contributed by atoms with Gasteiger partial charge in [0.15, 0.2) is 0 Å². The third-order valence-electron chi connectivity index (χ3n) is 3.34. The van der Waals surface area contributed by atoms with Crippen molar-refractivity contribution >= 4 is 24.3 Å². The van der Waals surface area contributed by atoms with Crippen LogP contribution in [0.2, 0.25) is 0 Å². The lowest BCUT2D eigenvalue weighted by Crippen LogP contribution is -2.34. The Kier molecular flexibility index (Phi) is 4.60. The molecule has 0 radical (unpaired) electrons. The minimum Gasteiger partial charge on any atom is -0.594 e. The van der Waals surface area contributed by atoms with E-state index in [1.165, 1.54) is 0 Å². The molecular formula is C20H16N2O. The van der Waals surface area contributed by atoms with Gasteiger partial charge < -0.3 is 5.21 Å². The molecule has 3 heteroatoms. The lowest BCUT2D eigenvalue weighted by atomic mass is 10.2. The second kappa shape index (κ2) is 7.18. The lowest BCUT2D eigenvalue weighted by Gasteiger charge is -1.99. The summed E-state index contributed by atoms with van der Waals surface area (Å²) in [5, 5.41) is 16.0. The predicted octanol–water partition coefficient (Wildman–Crippen LogP) is 4.06. The van der Waals surface area contributed by atoms with Crippen LogP contribution >= 0.6 is 0 Å². The molecule has 23 heavy (non-hydrogen) atoms. The van der Waals surface area contributed by atoms with Crippen molar-refractivity contribution in [3.8, 4) is 0 Å². The van der Waals surface area contributed by atoms with Crippen LogP contribution in [-0.2, 0) is 0 Å². The van der Waals surface area contributed by atoms with E-state index in [-0.39, 0.29) is 0 Å². The zero-order valence-electron chi connectivity index (χ0n) is 12.5. The number of hydrogen-bond acceptors (Lipinski definition) is 2. The molecular weight excluding hydrogens is 284 g/mol. The maximum absolute atomic E-state index is 12.0. The van der Waals surface area contributed by atoms with E-state index < -0.39 is 0 Å². The van der Waals surface area contributed by atoms with Gasteiger partial charge in [-0.3, -0.25) is 0 Å². The smallest absolute Gasteiger partial charge is 0.245 e. The fourth-order valence-corrected chi connectivity index (χ4v) is 2.13. The maximum atomic E-state index is 12.0. The summed E-state index contributed by atoms with van der Waals surface area (Å²) in [5.74, 6) is 0. The molecule has 112 valence electrons. The quantitative estimate of drug-likeness (QED) is 0.538. The molecule has 0 fully saturated rings. The number of benzene rings is 2. The molecule has 1 aromatic heterocycles. The SMILES string of the molecule is [O-][n+]1nc(/C=C/c2ccccc2)ccc1/C=C/c1ccccc1. The van der Waals surface area contributed by atoms with Crippen molar-refractivity contribution in [3.63, 3.8) is 0 Å². The topological polar surface area (TPSA) is 39.8 Å². The Morgan fingerprint density at radius 1 is 0.652 bits per heavy atom. The summed E-state index contributed by atoms with van der Waals surface area (Å²) in [7, 11) is 0. The van der Waals surface area contributed by atoms with Gasteiger partial charge in [-0.2, -0.15) is 0 Å². The van der Waals surface area contributed by atoms with Gasteiger partial charge in [-0.1, -0.05) is 71.6 Å². The fourth-order valence-electron chi connectivity index (χ4n) is 2.13. The van der Waals surface area contributed by atoms with Gasteiger partial charge in [-0.05, 0) is 29.3 Å². The van der Waals surface area contributed by atoms with Crippen LogP contribution in [0.3, 0.4) is 0 Å². The van der Waals surface area contributed by atoms with E-state index in [0.717, 1.165) is 11.1 Å². The monoisotopic (exact) mass is 300 g/mol. The van der Waals surface area contributed by atoms with Crippen molar-refractivity contribution in [2.75, 3.05) is 0 Å². The van der Waals surface area contributed by atoms with Crippen LogP contribution in [0.1, 0.15) is 22.5 Å². The highest BCUT2D eigenvalue weighted by Crippen LogP contribution is 2.07. The highest BCUT2D eigenvalue weighted by molar-refractivity contribution is 5.69. The van der Waals surface area contributed by atoms with E-state index in [4.69, 9.17) is 0 Å². The molecule has 3 rings (SSSR count). The molecule has 0 saturated carbocycles. The Morgan fingerprint density at radius 3 is 1.78 bits per heavy atom. The first kappa shape index (κ1) is 14.7. The fraction of sp³-hybridized carbons (Fsp3) is 0. The van der Waals surface area contributed by atoms with Gasteiger partial charge in [0, 0.05) is 17.2 Å². The van der Waals surface area contributed by atoms with Crippen LogP contribution in [0.15, 0.2) is 72.8 Å². The number of nitrogens with zero attached hydrogens (tertiary/aromatic N) is 2. The molecule has 0 bridgehead atoms. The third-order valence-corrected chi connectivity index (χ3v) is 3.34. The van der Waals surface area contributed by atoms with E-state index in [1.54, 1.807) is 12.1 Å². The van der Waals surface area contributed by atoms with Crippen LogP contribution in [0.4, 0.5) is 0 Å². The number of rotatable bonds is 4. The zero-order chi connectivity index (χ0) is 15.9. The Bertz CT molecular complexity index is 825. The predicted molar refractivity (Wildman–Crippen MR) is 93.9 cm³/mol. The maximum Gasteiger partial charge on any atom is 0.245 e. The van der Waals surface area contributed by atoms with Crippen molar-refractivity contribution < 1.29 is 4.85 Å². The van der Waals surface area contributed by atoms with Crippen molar-refractivity contribution in [2.24, 2.45) is 0 Å². The first-order valence-corrected chi connectivity index (χ1v) is 7.38. The molecule has 0 aliphatic heterocycles. The van der Waals surface area contributed by atoms with E-state index in [1.807, 2.05) is 85.0 Å². The van der Waals surface area contributed by atoms with E-state index >= 15 is 0 Å². The minimum atomic E-state index is 0.505. The summed E-state index contributed by atoms with van der Waals surface area (Å²) in [4.78, 5) is 0.643. The first-order chi connectivity index (χ1) is 11.3. The average Bonchev–Trinajstić information content (AvgIpc) is 2.61. The van der Waals surface area contributed by atoms with Gasteiger partial charge in [0.2, 0.25) is 5.69 Å². The largest absolute Gasteiger partial charge is 0.594 e. The molecule has 3 aromatic rings. The Balaban J connectivity index is 1.76. The minimum absolute atomic E-state index is 0.505. The Hall–Kier alpha value is -3.20. The third kappa shape index (κ3) is 4.14. The van der Waals surface area contributed by atoms with Crippen LogP contribution in [0, 0.1) is 5.21 Å². The van der Waals surface area contributed by atoms with Gasteiger partial charge in [-0.15, -0.1) is 0 Å². The zero-order valence-corrected chi connectivity index (χ0v) is 12.5. The molecule has 0 spiro atoms. The summed E-state index contributed by atoms with van der Waals surface area (Å²) in [6.45, 7) is 0. The van der Waals surface area contributed by atoms with Crippen molar-refractivity contribution in [2.45, 2.75) is 0 Å². The molecule has 0 amide bonds. The summed E-state index contributed by atoms with van der Waals surface area (Å²) >= 11 is 0. The average molecular weight is 300 g/mol.